The first-order valence-electron chi connectivity index (χ1n) is 27.5. The van der Waals surface area contributed by atoms with E-state index in [9.17, 15) is 28.3 Å². The van der Waals surface area contributed by atoms with E-state index >= 15 is 0 Å². The van der Waals surface area contributed by atoms with E-state index in [1.54, 1.807) is 53.3 Å². The van der Waals surface area contributed by atoms with Gasteiger partial charge in [-0.2, -0.15) is 13.8 Å². The summed E-state index contributed by atoms with van der Waals surface area (Å²) in [6, 6.07) is 20.2. The Bertz CT molecular complexity index is 3470. The number of carbonyl (C=O) groups is 2. The molecule has 1 aliphatic rings. The molecule has 1 amide bonds. The number of para-hydroxylation sites is 1. The van der Waals surface area contributed by atoms with Crippen LogP contribution < -0.4 is 31.6 Å². The molecule has 6 aromatic heterocycles. The highest BCUT2D eigenvalue weighted by molar-refractivity contribution is 5.96. The number of aryl methyl sites for hydroxylation is 2. The summed E-state index contributed by atoms with van der Waals surface area (Å²) in [5, 5.41) is 23.8. The number of nitrogens with one attached hydrogen (secondary N) is 3. The number of hydrogen-bond acceptors (Lipinski definition) is 20. The number of fused-ring (bicyclic) bond motifs is 2. The Balaban J connectivity index is 0.555. The summed E-state index contributed by atoms with van der Waals surface area (Å²) in [5.74, 6) is -0.688. The number of H-pyrrole nitrogens is 1. The number of carbonyl (C=O) groups excluding carboxylic acids is 1. The number of amides is 1. The number of nitrogen functional groups attached to an aromatic ring is 1. The smallest absolute Gasteiger partial charge is 0.387 e. The van der Waals surface area contributed by atoms with Crippen LogP contribution in [0.25, 0.3) is 27.9 Å². The van der Waals surface area contributed by atoms with Crippen LogP contribution in [0.4, 0.5) is 26.2 Å². The summed E-state index contributed by atoms with van der Waals surface area (Å²) in [7, 11) is 0. The van der Waals surface area contributed by atoms with Gasteiger partial charge in [-0.3, -0.25) is 19.5 Å². The first kappa shape index (κ1) is 60.0. The molecule has 1 fully saturated rings. The maximum absolute atomic E-state index is 13.1. The second kappa shape index (κ2) is 30.1. The molecule has 1 aliphatic heterocycles. The molecule has 1 saturated heterocycles. The van der Waals surface area contributed by atoms with Crippen molar-refractivity contribution in [1.29, 1.82) is 0 Å². The first-order valence-corrected chi connectivity index (χ1v) is 27.5. The van der Waals surface area contributed by atoms with Crippen LogP contribution in [0.3, 0.4) is 0 Å². The summed E-state index contributed by atoms with van der Waals surface area (Å²) < 4.78 is 63.0. The van der Waals surface area contributed by atoms with Gasteiger partial charge in [0.05, 0.1) is 102 Å². The van der Waals surface area contributed by atoms with Gasteiger partial charge in [0.15, 0.2) is 11.2 Å². The predicted octanol–water partition coefficient (Wildman–Crippen LogP) is 4.43. The fraction of sp³-hybridized carbons (Fsp3) is 0.404. The molecule has 7 heterocycles. The standard InChI is InChI=1S/C57H67F2N15O10/c1-38-47(32-40-4-2-3-5-48(40)84-56(58)59)74-36-42(9-15-50(74)64-38)41-8-14-49(62-33-41)72-18-16-71(17-19-72)20-22-79-24-26-81-28-30-83-31-29-82-27-25-80-23-21-73-37-44(69-70-73)12-13-46(55(77)78)66-53(75)39-6-10-43(11-7-39)61-34-45-35-63-52-51(65-45)54(76)68-57(60)67-52/h2-11,14-15,33,35-37,46,56,61H,12-13,16-32,34H2,1H3,(H,66,75)(H,77,78)(H3,60,63,67,68,76)/t46-/m0/s1. The highest BCUT2D eigenvalue weighted by Crippen LogP contribution is 2.28. The van der Waals surface area contributed by atoms with Gasteiger partial charge in [0.25, 0.3) is 11.5 Å². The van der Waals surface area contributed by atoms with Gasteiger partial charge in [0.2, 0.25) is 5.95 Å². The monoisotopic (exact) mass is 1160 g/mol. The number of anilines is 3. The Labute approximate surface area is 481 Å². The maximum atomic E-state index is 13.1. The Morgan fingerprint density at radius 1 is 0.762 bits per heavy atom. The zero-order chi connectivity index (χ0) is 58.6. The van der Waals surface area contributed by atoms with Gasteiger partial charge in [0, 0.05) is 91.4 Å². The number of nitrogens with two attached hydrogens (primary N) is 1. The number of aromatic amines is 1. The zero-order valence-corrected chi connectivity index (χ0v) is 46.4. The number of piperazine rings is 1. The molecule has 6 N–H and O–H groups in total. The fourth-order valence-corrected chi connectivity index (χ4v) is 9.26. The summed E-state index contributed by atoms with van der Waals surface area (Å²) in [6.45, 7) is 8.51. The summed E-state index contributed by atoms with van der Waals surface area (Å²) >= 11 is 0. The van der Waals surface area contributed by atoms with E-state index in [1.165, 1.54) is 6.20 Å². The predicted molar refractivity (Wildman–Crippen MR) is 305 cm³/mol. The minimum absolute atomic E-state index is 0.0511. The number of carboxylic acids is 1. The second-order valence-corrected chi connectivity index (χ2v) is 19.5. The lowest BCUT2D eigenvalue weighted by atomic mass is 10.1. The number of nitrogens with zero attached hydrogens (tertiary/aromatic N) is 11. The third-order valence-corrected chi connectivity index (χ3v) is 13.7. The number of alkyl halides is 2. The molecule has 27 heteroatoms. The van der Waals surface area contributed by atoms with Crippen LogP contribution >= 0.6 is 0 Å². The van der Waals surface area contributed by atoms with Crippen molar-refractivity contribution in [3.05, 3.63) is 142 Å². The van der Waals surface area contributed by atoms with E-state index < -0.39 is 30.1 Å². The molecule has 0 saturated carbocycles. The molecule has 84 heavy (non-hydrogen) atoms. The molecule has 0 unspecified atom stereocenters. The van der Waals surface area contributed by atoms with E-state index in [4.69, 9.17) is 44.1 Å². The van der Waals surface area contributed by atoms with E-state index in [0.717, 1.165) is 66.7 Å². The highest BCUT2D eigenvalue weighted by atomic mass is 19.3. The van der Waals surface area contributed by atoms with Gasteiger partial charge < -0.3 is 59.2 Å². The van der Waals surface area contributed by atoms with E-state index in [-0.39, 0.29) is 47.8 Å². The molecular formula is C57H67F2N15O10. The Kier molecular flexibility index (Phi) is 21.5. The Hall–Kier alpha value is -8.60. The van der Waals surface area contributed by atoms with Crippen LogP contribution in [0, 0.1) is 6.92 Å². The number of hydrogen-bond donors (Lipinski definition) is 5. The van der Waals surface area contributed by atoms with Gasteiger partial charge in [-0.1, -0.05) is 23.4 Å². The van der Waals surface area contributed by atoms with Crippen LogP contribution in [0.5, 0.6) is 5.75 Å². The SMILES string of the molecule is Cc1nc2ccc(-c3ccc(N4CCN(CCOCCOCCOCCOCCOCCn5cc(CC[C@H](NC(=O)c6ccc(NCc7cnc8nc(N)[nH]c(=O)c8n7)cc6)C(=O)O)nn5)CC4)nc3)cn2c1Cc1ccccc1OC(F)F. The molecule has 0 spiro atoms. The molecule has 0 aliphatic carbocycles. The van der Waals surface area contributed by atoms with Gasteiger partial charge in [-0.05, 0) is 74.4 Å². The number of pyridine rings is 2. The molecule has 2 aromatic carbocycles. The lowest BCUT2D eigenvalue weighted by Crippen LogP contribution is -2.47. The molecule has 8 aromatic rings. The van der Waals surface area contributed by atoms with Crippen LogP contribution in [0.1, 0.15) is 45.1 Å². The number of carboxylic acid groups (broad SMARTS) is 1. The van der Waals surface area contributed by atoms with Crippen LogP contribution in [0.2, 0.25) is 0 Å². The molecule has 25 nitrogen and oxygen atoms in total. The van der Waals surface area contributed by atoms with E-state index in [2.05, 4.69) is 62.8 Å². The lowest BCUT2D eigenvalue weighted by Gasteiger charge is -2.35. The quantitative estimate of drug-likeness (QED) is 0.0356. The zero-order valence-electron chi connectivity index (χ0n) is 46.4. The van der Waals surface area contributed by atoms with Crippen LogP contribution in [-0.4, -0.2) is 183 Å². The maximum Gasteiger partial charge on any atom is 0.387 e. The van der Waals surface area contributed by atoms with Crippen molar-refractivity contribution in [3.8, 4) is 16.9 Å². The number of aromatic nitrogens is 10. The summed E-state index contributed by atoms with van der Waals surface area (Å²) in [4.78, 5) is 66.2. The number of benzene rings is 2. The number of ether oxygens (including phenoxy) is 6. The third kappa shape index (κ3) is 17.2. The van der Waals surface area contributed by atoms with Crippen molar-refractivity contribution in [2.45, 2.75) is 51.9 Å². The van der Waals surface area contributed by atoms with Gasteiger partial charge in [0.1, 0.15) is 23.3 Å². The van der Waals surface area contributed by atoms with Crippen molar-refractivity contribution in [1.82, 2.24) is 59.5 Å². The minimum Gasteiger partial charge on any atom is -0.480 e. The highest BCUT2D eigenvalue weighted by Gasteiger charge is 2.23. The van der Waals surface area contributed by atoms with E-state index in [1.807, 2.05) is 41.9 Å². The topological polar surface area (TPSA) is 299 Å². The average molecular weight is 1160 g/mol. The number of halogens is 2. The first-order chi connectivity index (χ1) is 40.9. The van der Waals surface area contributed by atoms with Crippen molar-refractivity contribution in [2.24, 2.45) is 0 Å². The van der Waals surface area contributed by atoms with Gasteiger partial charge in [-0.15, -0.1) is 5.10 Å². The second-order valence-electron chi connectivity index (χ2n) is 19.5. The van der Waals surface area contributed by atoms with E-state index in [0.29, 0.717) is 102 Å². The number of imidazole rings is 1. The molecule has 0 bridgehead atoms. The van der Waals surface area contributed by atoms with Crippen LogP contribution in [-0.2, 0) is 54.4 Å². The normalized spacial score (nSPS) is 13.3. The van der Waals surface area contributed by atoms with Crippen molar-refractivity contribution in [3.63, 3.8) is 0 Å². The van der Waals surface area contributed by atoms with Gasteiger partial charge >= 0.3 is 12.6 Å². The van der Waals surface area contributed by atoms with Crippen molar-refractivity contribution < 1.29 is 51.9 Å². The minimum atomic E-state index is -2.90. The van der Waals surface area contributed by atoms with Crippen molar-refractivity contribution in [2.75, 3.05) is 115 Å². The Morgan fingerprint density at radius 3 is 2.14 bits per heavy atom. The molecular weight excluding hydrogens is 1090 g/mol. The summed E-state index contributed by atoms with van der Waals surface area (Å²) in [5.41, 5.74) is 12.3. The fourth-order valence-electron chi connectivity index (χ4n) is 9.26. The molecule has 0 radical (unpaired) electrons. The molecule has 444 valence electrons. The van der Waals surface area contributed by atoms with Crippen LogP contribution in [0.15, 0.2) is 102 Å². The lowest BCUT2D eigenvalue weighted by molar-refractivity contribution is -0.139. The number of rotatable bonds is 33. The summed E-state index contributed by atoms with van der Waals surface area (Å²) in [6.07, 6.45) is 7.86. The average Bonchev–Trinajstić information content (AvgIpc) is 2.71. The third-order valence-electron chi connectivity index (χ3n) is 13.7. The number of aliphatic carboxylic acids is 1. The largest absolute Gasteiger partial charge is 0.480 e. The molecule has 1 atom stereocenters. The Morgan fingerprint density at radius 2 is 1.45 bits per heavy atom. The van der Waals surface area contributed by atoms with Crippen molar-refractivity contribution >= 4 is 46.1 Å². The van der Waals surface area contributed by atoms with Gasteiger partial charge in [-0.25, -0.2) is 29.4 Å². The molecule has 9 rings (SSSR count).